The van der Waals surface area contributed by atoms with Crippen LogP contribution in [0.15, 0.2) is 24.3 Å². The van der Waals surface area contributed by atoms with Gasteiger partial charge in [-0.1, -0.05) is 48.0 Å². The Hall–Kier alpha value is -0.500. The Labute approximate surface area is 82.3 Å². The summed E-state index contributed by atoms with van der Waals surface area (Å²) in [4.78, 5) is 0. The number of rotatable bonds is 3. The van der Waals surface area contributed by atoms with E-state index in [0.717, 1.165) is 5.45 Å². The van der Waals surface area contributed by atoms with Gasteiger partial charge >= 0.3 is 0 Å². The molecule has 1 N–H and O–H groups in total. The zero-order valence-electron chi connectivity index (χ0n) is 7.47. The summed E-state index contributed by atoms with van der Waals surface area (Å²) >= 11 is 3.36. The van der Waals surface area contributed by atoms with Crippen molar-refractivity contribution in [2.24, 2.45) is 0 Å². The lowest BCUT2D eigenvalue weighted by Gasteiger charge is -2.12. The highest BCUT2D eigenvalue weighted by molar-refractivity contribution is 9.09. The lowest BCUT2D eigenvalue weighted by atomic mass is 10.0. The minimum absolute atomic E-state index is 0.577. The van der Waals surface area contributed by atoms with Crippen molar-refractivity contribution in [3.05, 3.63) is 29.8 Å². The topological polar surface area (TPSA) is 12.0 Å². The average molecular weight is 228 g/mol. The molecule has 0 unspecified atom stereocenters. The predicted molar refractivity (Wildman–Crippen MR) is 57.9 cm³/mol. The fraction of sp³-hybridized carbons (Fsp3) is 0.400. The molecule has 1 aromatic rings. The van der Waals surface area contributed by atoms with E-state index in [1.165, 1.54) is 11.3 Å². The van der Waals surface area contributed by atoms with Crippen molar-refractivity contribution < 1.29 is 0 Å². The summed E-state index contributed by atoms with van der Waals surface area (Å²) < 4.78 is 0. The van der Waals surface area contributed by atoms with Crippen LogP contribution >= 0.6 is 15.9 Å². The maximum Gasteiger partial charge on any atom is 0.0707 e. The van der Waals surface area contributed by atoms with Crippen molar-refractivity contribution in [2.45, 2.75) is 19.8 Å². The van der Waals surface area contributed by atoms with Crippen LogP contribution in [0, 0.1) is 0 Å². The summed E-state index contributed by atoms with van der Waals surface area (Å²) in [6.45, 7) is 4.41. The van der Waals surface area contributed by atoms with Gasteiger partial charge in [-0.25, -0.2) is 0 Å². The highest BCUT2D eigenvalue weighted by atomic mass is 79.9. The van der Waals surface area contributed by atoms with Gasteiger partial charge in [0.2, 0.25) is 0 Å². The molecule has 0 radical (unpaired) electrons. The Morgan fingerprint density at radius 3 is 2.58 bits per heavy atom. The van der Waals surface area contributed by atoms with Crippen molar-refractivity contribution in [3.63, 3.8) is 0 Å². The Morgan fingerprint density at radius 1 is 1.33 bits per heavy atom. The first kappa shape index (κ1) is 9.59. The van der Waals surface area contributed by atoms with E-state index in [4.69, 9.17) is 0 Å². The van der Waals surface area contributed by atoms with Crippen LogP contribution in [0.2, 0.25) is 0 Å². The fourth-order valence-corrected chi connectivity index (χ4v) is 1.54. The van der Waals surface area contributed by atoms with E-state index in [2.05, 4.69) is 59.4 Å². The zero-order valence-corrected chi connectivity index (χ0v) is 9.06. The van der Waals surface area contributed by atoms with Crippen LogP contribution in [-0.4, -0.2) is 5.45 Å². The van der Waals surface area contributed by atoms with E-state index >= 15 is 0 Å². The van der Waals surface area contributed by atoms with Crippen LogP contribution in [0.25, 0.3) is 0 Å². The predicted octanol–water partition coefficient (Wildman–Crippen LogP) is 3.57. The van der Waals surface area contributed by atoms with Gasteiger partial charge < -0.3 is 5.32 Å². The SMILES string of the molecule is CC(C)c1ccccc1NCBr. The highest BCUT2D eigenvalue weighted by Crippen LogP contribution is 2.23. The average Bonchev–Trinajstić information content (AvgIpc) is 2.05. The summed E-state index contributed by atoms with van der Waals surface area (Å²) in [5.74, 6) is 0.577. The largest absolute Gasteiger partial charge is 0.375 e. The first-order valence-corrected chi connectivity index (χ1v) is 5.26. The molecule has 0 atom stereocenters. The minimum atomic E-state index is 0.577. The molecule has 2 heteroatoms. The van der Waals surface area contributed by atoms with Gasteiger partial charge in [-0.2, -0.15) is 0 Å². The molecule has 1 aromatic carbocycles. The van der Waals surface area contributed by atoms with Crippen molar-refractivity contribution in [1.29, 1.82) is 0 Å². The smallest absolute Gasteiger partial charge is 0.0707 e. The van der Waals surface area contributed by atoms with Gasteiger partial charge in [0.1, 0.15) is 0 Å². The molecule has 0 aromatic heterocycles. The third-order valence-corrected chi connectivity index (χ3v) is 2.12. The van der Waals surface area contributed by atoms with Gasteiger partial charge in [0.25, 0.3) is 0 Å². The molecule has 0 aliphatic rings. The molecule has 66 valence electrons. The molecule has 1 nitrogen and oxygen atoms in total. The normalized spacial score (nSPS) is 10.3. The van der Waals surface area contributed by atoms with E-state index in [-0.39, 0.29) is 0 Å². The quantitative estimate of drug-likeness (QED) is 0.615. The highest BCUT2D eigenvalue weighted by Gasteiger charge is 2.03. The Morgan fingerprint density at radius 2 is 2.00 bits per heavy atom. The molecule has 0 saturated heterocycles. The van der Waals surface area contributed by atoms with Gasteiger partial charge in [0.05, 0.1) is 5.45 Å². The summed E-state index contributed by atoms with van der Waals surface area (Å²) in [5, 5.41) is 3.27. The molecule has 12 heavy (non-hydrogen) atoms. The Bertz CT molecular complexity index is 245. The standard InChI is InChI=1S/C10H14BrN/c1-8(2)9-5-3-4-6-10(9)12-7-11/h3-6,8,12H,7H2,1-2H3. The van der Waals surface area contributed by atoms with Crippen molar-refractivity contribution in [3.8, 4) is 0 Å². The number of anilines is 1. The fourth-order valence-electron chi connectivity index (χ4n) is 1.23. The molecule has 1 rings (SSSR count). The lowest BCUT2D eigenvalue weighted by molar-refractivity contribution is 0.868. The Kier molecular flexibility index (Phi) is 3.60. The van der Waals surface area contributed by atoms with E-state index in [1.807, 2.05) is 0 Å². The van der Waals surface area contributed by atoms with Gasteiger partial charge in [0.15, 0.2) is 0 Å². The van der Waals surface area contributed by atoms with E-state index in [9.17, 15) is 0 Å². The van der Waals surface area contributed by atoms with E-state index in [1.54, 1.807) is 0 Å². The van der Waals surface area contributed by atoms with Crippen LogP contribution in [0.5, 0.6) is 0 Å². The van der Waals surface area contributed by atoms with Crippen LogP contribution in [0.1, 0.15) is 25.3 Å². The second kappa shape index (κ2) is 4.51. The first-order chi connectivity index (χ1) is 5.75. The van der Waals surface area contributed by atoms with Gasteiger partial charge in [-0.3, -0.25) is 0 Å². The molecule has 0 heterocycles. The van der Waals surface area contributed by atoms with Crippen LogP contribution < -0.4 is 5.32 Å². The molecule has 0 bridgehead atoms. The minimum Gasteiger partial charge on any atom is -0.375 e. The number of para-hydroxylation sites is 1. The van der Waals surface area contributed by atoms with E-state index in [0.29, 0.717) is 5.92 Å². The molecular weight excluding hydrogens is 214 g/mol. The van der Waals surface area contributed by atoms with Crippen LogP contribution in [0.3, 0.4) is 0 Å². The molecule has 0 aliphatic heterocycles. The van der Waals surface area contributed by atoms with E-state index < -0.39 is 0 Å². The molecule has 0 aliphatic carbocycles. The van der Waals surface area contributed by atoms with Crippen molar-refractivity contribution in [2.75, 3.05) is 10.8 Å². The number of hydrogen-bond acceptors (Lipinski definition) is 1. The zero-order chi connectivity index (χ0) is 8.97. The molecule has 0 fully saturated rings. The third kappa shape index (κ3) is 2.24. The van der Waals surface area contributed by atoms with Crippen LogP contribution in [-0.2, 0) is 0 Å². The number of halogens is 1. The van der Waals surface area contributed by atoms with Gasteiger partial charge in [-0.05, 0) is 17.5 Å². The number of benzene rings is 1. The van der Waals surface area contributed by atoms with Gasteiger partial charge in [0, 0.05) is 5.69 Å². The number of alkyl halides is 1. The van der Waals surface area contributed by atoms with Gasteiger partial charge in [-0.15, -0.1) is 0 Å². The molecular formula is C10H14BrN. The third-order valence-electron chi connectivity index (χ3n) is 1.84. The first-order valence-electron chi connectivity index (χ1n) is 4.14. The Balaban J connectivity index is 2.92. The second-order valence-corrected chi connectivity index (χ2v) is 3.61. The van der Waals surface area contributed by atoms with Crippen molar-refractivity contribution in [1.82, 2.24) is 0 Å². The summed E-state index contributed by atoms with van der Waals surface area (Å²) in [7, 11) is 0. The monoisotopic (exact) mass is 227 g/mol. The summed E-state index contributed by atoms with van der Waals surface area (Å²) in [6, 6.07) is 8.40. The maximum absolute atomic E-state index is 3.36. The molecule has 0 amide bonds. The lowest BCUT2D eigenvalue weighted by Crippen LogP contribution is -1.99. The number of nitrogens with one attached hydrogen (secondary N) is 1. The molecule has 0 spiro atoms. The number of hydrogen-bond donors (Lipinski definition) is 1. The maximum atomic E-state index is 3.36. The summed E-state index contributed by atoms with van der Waals surface area (Å²) in [6.07, 6.45) is 0. The summed E-state index contributed by atoms with van der Waals surface area (Å²) in [5.41, 5.74) is 3.40. The molecule has 0 saturated carbocycles. The van der Waals surface area contributed by atoms with Crippen LogP contribution in [0.4, 0.5) is 5.69 Å². The second-order valence-electron chi connectivity index (χ2n) is 3.05. The van der Waals surface area contributed by atoms with Crippen molar-refractivity contribution >= 4 is 21.6 Å².